The van der Waals surface area contributed by atoms with Gasteiger partial charge in [0.2, 0.25) is 5.91 Å². The zero-order chi connectivity index (χ0) is 13.8. The Kier molecular flexibility index (Phi) is 4.67. The molecule has 0 unspecified atom stereocenters. The molecule has 18 heavy (non-hydrogen) atoms. The van der Waals surface area contributed by atoms with E-state index in [9.17, 15) is 9.18 Å². The number of phenolic OH excluding ortho intramolecular Hbond substituents is 1. The summed E-state index contributed by atoms with van der Waals surface area (Å²) in [6, 6.07) is 4.23. The van der Waals surface area contributed by atoms with Gasteiger partial charge in [-0.05, 0) is 31.5 Å². The van der Waals surface area contributed by atoms with Crippen LogP contribution >= 0.6 is 0 Å². The quantitative estimate of drug-likeness (QED) is 0.744. The molecule has 1 rings (SSSR count). The van der Waals surface area contributed by atoms with Crippen LogP contribution in [-0.4, -0.2) is 24.6 Å². The van der Waals surface area contributed by atoms with Crippen LogP contribution in [0.3, 0.4) is 0 Å². The van der Waals surface area contributed by atoms with Gasteiger partial charge in [-0.1, -0.05) is 6.07 Å². The first-order valence-electron chi connectivity index (χ1n) is 5.77. The second kappa shape index (κ2) is 5.82. The van der Waals surface area contributed by atoms with Gasteiger partial charge < -0.3 is 15.7 Å². The van der Waals surface area contributed by atoms with E-state index in [0.717, 1.165) is 5.56 Å². The fourth-order valence-electron chi connectivity index (χ4n) is 1.60. The number of carbonyl (C=O) groups is 1. The predicted octanol–water partition coefficient (Wildman–Crippen LogP) is 1.39. The first-order chi connectivity index (χ1) is 8.36. The van der Waals surface area contributed by atoms with E-state index in [1.165, 1.54) is 12.1 Å². The third-order valence-electron chi connectivity index (χ3n) is 2.75. The van der Waals surface area contributed by atoms with Gasteiger partial charge in [-0.2, -0.15) is 0 Å². The van der Waals surface area contributed by atoms with E-state index in [2.05, 4.69) is 10.6 Å². The molecule has 3 N–H and O–H groups in total. The Morgan fingerprint density at radius 2 is 2.11 bits per heavy atom. The number of hydrogen-bond donors (Lipinski definition) is 3. The number of benzene rings is 1. The SMILES string of the molecule is CNC(=O)C(C)(C)CNCc1ccc(O)c(F)c1. The van der Waals surface area contributed by atoms with E-state index in [0.29, 0.717) is 13.1 Å². The van der Waals surface area contributed by atoms with Gasteiger partial charge in [0, 0.05) is 20.1 Å². The molecule has 1 aromatic rings. The van der Waals surface area contributed by atoms with Crippen LogP contribution in [-0.2, 0) is 11.3 Å². The summed E-state index contributed by atoms with van der Waals surface area (Å²) in [5.74, 6) is -1.05. The van der Waals surface area contributed by atoms with Gasteiger partial charge in [0.05, 0.1) is 5.41 Å². The van der Waals surface area contributed by atoms with Gasteiger partial charge in [0.15, 0.2) is 11.6 Å². The van der Waals surface area contributed by atoms with E-state index in [-0.39, 0.29) is 11.7 Å². The standard InChI is InChI=1S/C13H19FN2O2/c1-13(2,12(18)15-3)8-16-7-9-4-5-11(17)10(14)6-9/h4-6,16-17H,7-8H2,1-3H3,(H,15,18). The van der Waals surface area contributed by atoms with Crippen molar-refractivity contribution in [1.29, 1.82) is 0 Å². The topological polar surface area (TPSA) is 61.4 Å². The van der Waals surface area contributed by atoms with Gasteiger partial charge in [-0.25, -0.2) is 4.39 Å². The number of halogens is 1. The lowest BCUT2D eigenvalue weighted by Gasteiger charge is -2.22. The second-order valence-electron chi connectivity index (χ2n) is 4.85. The fraction of sp³-hybridized carbons (Fsp3) is 0.462. The molecule has 0 saturated heterocycles. The summed E-state index contributed by atoms with van der Waals surface area (Å²) in [6.07, 6.45) is 0. The van der Waals surface area contributed by atoms with Gasteiger partial charge in [0.1, 0.15) is 0 Å². The van der Waals surface area contributed by atoms with Crippen LogP contribution in [0.5, 0.6) is 5.75 Å². The van der Waals surface area contributed by atoms with Crippen molar-refractivity contribution in [3.05, 3.63) is 29.6 Å². The summed E-state index contributed by atoms with van der Waals surface area (Å²) in [7, 11) is 1.60. The molecule has 0 heterocycles. The molecule has 0 spiro atoms. The molecule has 5 heteroatoms. The predicted molar refractivity (Wildman–Crippen MR) is 67.6 cm³/mol. The number of phenols is 1. The maximum atomic E-state index is 13.1. The van der Waals surface area contributed by atoms with E-state index in [1.54, 1.807) is 13.1 Å². The molecule has 1 aromatic carbocycles. The van der Waals surface area contributed by atoms with Crippen molar-refractivity contribution in [3.63, 3.8) is 0 Å². The van der Waals surface area contributed by atoms with E-state index in [4.69, 9.17) is 5.11 Å². The van der Waals surface area contributed by atoms with Crippen molar-refractivity contribution in [2.24, 2.45) is 5.41 Å². The minimum absolute atomic E-state index is 0.0492. The molecule has 0 atom stereocenters. The minimum atomic E-state index is -0.639. The molecule has 0 aliphatic carbocycles. The Hall–Kier alpha value is -1.62. The molecule has 0 saturated carbocycles. The number of amides is 1. The second-order valence-corrected chi connectivity index (χ2v) is 4.85. The van der Waals surface area contributed by atoms with Crippen LogP contribution in [0.1, 0.15) is 19.4 Å². The van der Waals surface area contributed by atoms with Crippen molar-refractivity contribution in [2.45, 2.75) is 20.4 Å². The van der Waals surface area contributed by atoms with Crippen LogP contribution in [0.15, 0.2) is 18.2 Å². The molecule has 4 nitrogen and oxygen atoms in total. The van der Waals surface area contributed by atoms with Crippen molar-refractivity contribution in [1.82, 2.24) is 10.6 Å². The number of hydrogen-bond acceptors (Lipinski definition) is 3. The van der Waals surface area contributed by atoms with Gasteiger partial charge in [-0.3, -0.25) is 4.79 Å². The lowest BCUT2D eigenvalue weighted by atomic mass is 9.92. The smallest absolute Gasteiger partial charge is 0.226 e. The van der Waals surface area contributed by atoms with Gasteiger partial charge in [0.25, 0.3) is 0 Å². The van der Waals surface area contributed by atoms with Crippen molar-refractivity contribution < 1.29 is 14.3 Å². The number of nitrogens with one attached hydrogen (secondary N) is 2. The Labute approximate surface area is 106 Å². The van der Waals surface area contributed by atoms with Crippen LogP contribution in [0.2, 0.25) is 0 Å². The number of aromatic hydroxyl groups is 1. The third kappa shape index (κ3) is 3.70. The molecule has 1 amide bonds. The first kappa shape index (κ1) is 14.4. The average molecular weight is 254 g/mol. The molecule has 0 bridgehead atoms. The Morgan fingerprint density at radius 3 is 2.67 bits per heavy atom. The fourth-order valence-corrected chi connectivity index (χ4v) is 1.60. The highest BCUT2D eigenvalue weighted by Gasteiger charge is 2.25. The summed E-state index contributed by atoms with van der Waals surface area (Å²) in [5, 5.41) is 14.7. The summed E-state index contributed by atoms with van der Waals surface area (Å²) in [6.45, 7) is 4.58. The van der Waals surface area contributed by atoms with Crippen molar-refractivity contribution in [2.75, 3.05) is 13.6 Å². The first-order valence-corrected chi connectivity index (χ1v) is 5.77. The van der Waals surface area contributed by atoms with Crippen LogP contribution < -0.4 is 10.6 Å². The summed E-state index contributed by atoms with van der Waals surface area (Å²) >= 11 is 0. The molecular formula is C13H19FN2O2. The lowest BCUT2D eigenvalue weighted by Crippen LogP contribution is -2.41. The molecule has 0 fully saturated rings. The molecule has 0 radical (unpaired) electrons. The van der Waals surface area contributed by atoms with Crippen LogP contribution in [0.4, 0.5) is 4.39 Å². The van der Waals surface area contributed by atoms with E-state index in [1.807, 2.05) is 13.8 Å². The zero-order valence-electron chi connectivity index (χ0n) is 10.9. The Morgan fingerprint density at radius 1 is 1.44 bits per heavy atom. The van der Waals surface area contributed by atoms with Gasteiger partial charge >= 0.3 is 0 Å². The molecule has 0 aliphatic heterocycles. The molecule has 100 valence electrons. The maximum Gasteiger partial charge on any atom is 0.226 e. The highest BCUT2D eigenvalue weighted by Crippen LogP contribution is 2.17. The monoisotopic (exact) mass is 254 g/mol. The summed E-state index contributed by atoms with van der Waals surface area (Å²) in [4.78, 5) is 11.5. The highest BCUT2D eigenvalue weighted by molar-refractivity contribution is 5.81. The highest BCUT2D eigenvalue weighted by atomic mass is 19.1. The van der Waals surface area contributed by atoms with Gasteiger partial charge in [-0.15, -0.1) is 0 Å². The van der Waals surface area contributed by atoms with Crippen molar-refractivity contribution in [3.8, 4) is 5.75 Å². The Bertz CT molecular complexity index is 433. The zero-order valence-corrected chi connectivity index (χ0v) is 10.9. The van der Waals surface area contributed by atoms with E-state index >= 15 is 0 Å². The molecular weight excluding hydrogens is 235 g/mol. The average Bonchev–Trinajstić information content (AvgIpc) is 2.32. The lowest BCUT2D eigenvalue weighted by molar-refractivity contribution is -0.128. The Balaban J connectivity index is 2.51. The summed E-state index contributed by atoms with van der Waals surface area (Å²) in [5.41, 5.74) is 0.197. The van der Waals surface area contributed by atoms with E-state index < -0.39 is 11.2 Å². The van der Waals surface area contributed by atoms with Crippen LogP contribution in [0.25, 0.3) is 0 Å². The maximum absolute atomic E-state index is 13.1. The van der Waals surface area contributed by atoms with Crippen molar-refractivity contribution >= 4 is 5.91 Å². The minimum Gasteiger partial charge on any atom is -0.505 e. The molecule has 0 aliphatic rings. The summed E-state index contributed by atoms with van der Waals surface area (Å²) < 4.78 is 13.1. The third-order valence-corrected chi connectivity index (χ3v) is 2.75. The largest absolute Gasteiger partial charge is 0.505 e. The number of rotatable bonds is 5. The number of carbonyl (C=O) groups excluding carboxylic acids is 1. The van der Waals surface area contributed by atoms with Crippen LogP contribution in [0, 0.1) is 11.2 Å². The normalized spacial score (nSPS) is 11.3. The molecule has 0 aromatic heterocycles.